The van der Waals surface area contributed by atoms with E-state index < -0.39 is 0 Å². The number of ether oxygens (including phenoxy) is 1. The van der Waals surface area contributed by atoms with Crippen molar-refractivity contribution in [1.82, 2.24) is 29.6 Å². The van der Waals surface area contributed by atoms with Gasteiger partial charge in [-0.15, -0.1) is 11.3 Å². The second-order valence-electron chi connectivity index (χ2n) is 8.80. The maximum absolute atomic E-state index is 6.65. The third-order valence-electron chi connectivity index (χ3n) is 6.21. The van der Waals surface area contributed by atoms with Crippen molar-refractivity contribution in [2.45, 2.75) is 18.9 Å². The van der Waals surface area contributed by atoms with E-state index in [1.165, 1.54) is 0 Å². The van der Waals surface area contributed by atoms with Gasteiger partial charge in [0.25, 0.3) is 0 Å². The zero-order valence-corrected chi connectivity index (χ0v) is 19.9. The Morgan fingerprint density at radius 3 is 2.85 bits per heavy atom. The van der Waals surface area contributed by atoms with Crippen LogP contribution in [0.5, 0.6) is 5.75 Å². The van der Waals surface area contributed by atoms with Gasteiger partial charge in [0.2, 0.25) is 0 Å². The second-order valence-corrected chi connectivity index (χ2v) is 9.68. The van der Waals surface area contributed by atoms with Gasteiger partial charge in [-0.2, -0.15) is 5.10 Å². The molecule has 0 aliphatic carbocycles. The van der Waals surface area contributed by atoms with E-state index in [0.29, 0.717) is 0 Å². The molecular weight excluding hydrogens is 446 g/mol. The summed E-state index contributed by atoms with van der Waals surface area (Å²) in [5, 5.41) is 8.72. The predicted octanol–water partition coefficient (Wildman–Crippen LogP) is 4.86. The largest absolute Gasteiger partial charge is 0.488 e. The number of hydrogen-bond donors (Lipinski definition) is 1. The van der Waals surface area contributed by atoms with Gasteiger partial charge in [-0.3, -0.25) is 4.68 Å². The summed E-state index contributed by atoms with van der Waals surface area (Å²) in [7, 11) is 4.06. The molecule has 1 N–H and O–H groups in total. The minimum atomic E-state index is 0.118. The lowest BCUT2D eigenvalue weighted by Crippen LogP contribution is -2.38. The maximum atomic E-state index is 6.65. The van der Waals surface area contributed by atoms with Gasteiger partial charge in [-0.1, -0.05) is 0 Å². The van der Waals surface area contributed by atoms with Crippen molar-refractivity contribution in [3.8, 4) is 16.9 Å². The third-order valence-corrected chi connectivity index (χ3v) is 7.00. The van der Waals surface area contributed by atoms with Crippen LogP contribution in [0.15, 0.2) is 54.6 Å². The van der Waals surface area contributed by atoms with Crippen molar-refractivity contribution in [3.63, 3.8) is 0 Å². The van der Waals surface area contributed by atoms with Crippen molar-refractivity contribution >= 4 is 44.0 Å². The van der Waals surface area contributed by atoms with E-state index in [2.05, 4.69) is 55.5 Å². The molecule has 0 bridgehead atoms. The first-order chi connectivity index (χ1) is 16.6. The van der Waals surface area contributed by atoms with E-state index >= 15 is 0 Å². The predicted molar refractivity (Wildman–Crippen MR) is 136 cm³/mol. The molecular formula is C25H25N7OS. The van der Waals surface area contributed by atoms with Crippen LogP contribution in [0, 0.1) is 0 Å². The van der Waals surface area contributed by atoms with Gasteiger partial charge in [0.1, 0.15) is 24.0 Å². The van der Waals surface area contributed by atoms with Crippen LogP contribution >= 0.6 is 11.3 Å². The number of likely N-dealkylation sites (tertiary alicyclic amines) is 1. The first-order valence-electron chi connectivity index (χ1n) is 11.4. The Kier molecular flexibility index (Phi) is 5.35. The van der Waals surface area contributed by atoms with Crippen molar-refractivity contribution in [2.75, 3.05) is 25.5 Å². The average molecular weight is 472 g/mol. The third kappa shape index (κ3) is 4.08. The summed E-state index contributed by atoms with van der Waals surface area (Å²) in [5.74, 6) is 1.52. The number of piperidine rings is 1. The standard InChI is InChI=1S/C25H25N7OS/c1-31-7-3-4-19(13-31)33-22-9-16(17-11-29-32(2)12-17)8-21-24(22)25(27-14-26-21)30-18-5-6-20-23(10-18)34-15-28-20/h5-6,8-12,14-15,19H,3-4,7,13H2,1-2H3,(H,26,27,30)/t19-/m1/s1. The summed E-state index contributed by atoms with van der Waals surface area (Å²) >= 11 is 1.62. The summed E-state index contributed by atoms with van der Waals surface area (Å²) in [6.07, 6.45) is 7.74. The van der Waals surface area contributed by atoms with Gasteiger partial charge in [-0.25, -0.2) is 15.0 Å². The first kappa shape index (κ1) is 21.0. The van der Waals surface area contributed by atoms with Crippen LogP contribution in [0.1, 0.15) is 12.8 Å². The van der Waals surface area contributed by atoms with E-state index in [0.717, 1.165) is 75.4 Å². The summed E-state index contributed by atoms with van der Waals surface area (Å²) in [6, 6.07) is 10.3. The minimum absolute atomic E-state index is 0.118. The zero-order valence-electron chi connectivity index (χ0n) is 19.1. The van der Waals surface area contributed by atoms with Gasteiger partial charge in [0.15, 0.2) is 0 Å². The van der Waals surface area contributed by atoms with Crippen LogP contribution in [0.4, 0.5) is 11.5 Å². The van der Waals surface area contributed by atoms with Gasteiger partial charge in [-0.05, 0) is 62.3 Å². The molecule has 8 nitrogen and oxygen atoms in total. The van der Waals surface area contributed by atoms with E-state index in [1.54, 1.807) is 22.3 Å². The number of anilines is 2. The van der Waals surface area contributed by atoms with Crippen molar-refractivity contribution < 1.29 is 4.74 Å². The highest BCUT2D eigenvalue weighted by molar-refractivity contribution is 7.16. The van der Waals surface area contributed by atoms with E-state index in [-0.39, 0.29) is 6.10 Å². The summed E-state index contributed by atoms with van der Waals surface area (Å²) in [5.41, 5.74) is 6.69. The fourth-order valence-electron chi connectivity index (χ4n) is 4.54. The van der Waals surface area contributed by atoms with Gasteiger partial charge in [0.05, 0.1) is 32.8 Å². The first-order valence-corrected chi connectivity index (χ1v) is 12.2. The van der Waals surface area contributed by atoms with Crippen LogP contribution in [-0.2, 0) is 7.05 Å². The number of nitrogens with zero attached hydrogens (tertiary/aromatic N) is 6. The number of aromatic nitrogens is 5. The number of nitrogens with one attached hydrogen (secondary N) is 1. The molecule has 0 radical (unpaired) electrons. The highest BCUT2D eigenvalue weighted by atomic mass is 32.1. The van der Waals surface area contributed by atoms with E-state index in [4.69, 9.17) is 4.74 Å². The highest BCUT2D eigenvalue weighted by Gasteiger charge is 2.22. The Bertz CT molecular complexity index is 1480. The molecule has 1 saturated heterocycles. The number of benzene rings is 2. The lowest BCUT2D eigenvalue weighted by molar-refractivity contribution is 0.106. The van der Waals surface area contributed by atoms with Crippen LogP contribution in [0.25, 0.3) is 32.2 Å². The molecule has 9 heteroatoms. The topological polar surface area (TPSA) is 81.0 Å². The van der Waals surface area contributed by atoms with Crippen LogP contribution in [0.2, 0.25) is 0 Å². The maximum Gasteiger partial charge on any atom is 0.145 e. The van der Waals surface area contributed by atoms with Crippen molar-refractivity contribution in [1.29, 1.82) is 0 Å². The Hall–Kier alpha value is -3.56. The minimum Gasteiger partial charge on any atom is -0.488 e. The van der Waals surface area contributed by atoms with Crippen molar-refractivity contribution in [2.24, 2.45) is 7.05 Å². The second kappa shape index (κ2) is 8.66. The molecule has 0 amide bonds. The molecule has 0 spiro atoms. The number of fused-ring (bicyclic) bond motifs is 2. The molecule has 0 unspecified atom stereocenters. The molecule has 1 aliphatic heterocycles. The zero-order chi connectivity index (χ0) is 23.1. The number of aryl methyl sites for hydroxylation is 1. The quantitative estimate of drug-likeness (QED) is 0.392. The lowest BCUT2D eigenvalue weighted by Gasteiger charge is -2.30. The lowest BCUT2D eigenvalue weighted by atomic mass is 10.0. The van der Waals surface area contributed by atoms with E-state index in [9.17, 15) is 0 Å². The Morgan fingerprint density at radius 1 is 1.06 bits per heavy atom. The molecule has 172 valence electrons. The molecule has 1 fully saturated rings. The normalized spacial score (nSPS) is 16.8. The van der Waals surface area contributed by atoms with Gasteiger partial charge in [0, 0.05) is 31.0 Å². The summed E-state index contributed by atoms with van der Waals surface area (Å²) in [6.45, 7) is 2.00. The van der Waals surface area contributed by atoms with Crippen LogP contribution in [-0.4, -0.2) is 55.9 Å². The Labute approximate surface area is 201 Å². The highest BCUT2D eigenvalue weighted by Crippen LogP contribution is 2.37. The monoisotopic (exact) mass is 471 g/mol. The SMILES string of the molecule is CN1CCC[C@@H](Oc2cc(-c3cnn(C)c3)cc3ncnc(Nc4ccc5ncsc5c4)c23)C1. The molecule has 4 heterocycles. The molecule has 5 aromatic rings. The summed E-state index contributed by atoms with van der Waals surface area (Å²) < 4.78 is 9.58. The Morgan fingerprint density at radius 2 is 2.00 bits per heavy atom. The molecule has 1 atom stereocenters. The van der Waals surface area contributed by atoms with Crippen molar-refractivity contribution in [3.05, 3.63) is 54.6 Å². The van der Waals surface area contributed by atoms with Gasteiger partial charge < -0.3 is 15.0 Å². The van der Waals surface area contributed by atoms with Gasteiger partial charge >= 0.3 is 0 Å². The van der Waals surface area contributed by atoms with Crippen LogP contribution in [0.3, 0.4) is 0 Å². The average Bonchev–Trinajstić information content (AvgIpc) is 3.47. The Balaban J connectivity index is 1.45. The van der Waals surface area contributed by atoms with E-state index in [1.807, 2.05) is 37.1 Å². The smallest absolute Gasteiger partial charge is 0.145 e. The molecule has 34 heavy (non-hydrogen) atoms. The van der Waals surface area contributed by atoms with Crippen LogP contribution < -0.4 is 10.1 Å². The molecule has 6 rings (SSSR count). The number of rotatable bonds is 5. The summed E-state index contributed by atoms with van der Waals surface area (Å²) in [4.78, 5) is 15.9. The number of hydrogen-bond acceptors (Lipinski definition) is 8. The number of likely N-dealkylation sites (N-methyl/N-ethyl adjacent to an activating group) is 1. The number of thiazole rings is 1. The molecule has 1 aliphatic rings. The molecule has 2 aromatic carbocycles. The molecule has 0 saturated carbocycles. The molecule has 3 aromatic heterocycles. The fraction of sp³-hybridized carbons (Fsp3) is 0.280. The fourth-order valence-corrected chi connectivity index (χ4v) is 5.26.